The van der Waals surface area contributed by atoms with Gasteiger partial charge in [0, 0.05) is 41.6 Å². The molecule has 0 spiro atoms. The Labute approximate surface area is 128 Å². The Morgan fingerprint density at radius 2 is 2.24 bits per heavy atom. The van der Waals surface area contributed by atoms with Crippen molar-refractivity contribution in [1.29, 1.82) is 5.26 Å². The van der Waals surface area contributed by atoms with Gasteiger partial charge in [-0.3, -0.25) is 0 Å². The largest absolute Gasteiger partial charge is 0.609 e. The Hall–Kier alpha value is -1.58. The Bertz CT molecular complexity index is 547. The Balaban J connectivity index is 2.42. The maximum atomic E-state index is 11.7. The molecule has 1 aromatic rings. The van der Waals surface area contributed by atoms with Crippen LogP contribution in [0.2, 0.25) is 0 Å². The van der Waals surface area contributed by atoms with Gasteiger partial charge in [-0.25, -0.2) is 0 Å². The first kappa shape index (κ1) is 15.8. The second-order valence-electron chi connectivity index (χ2n) is 5.07. The van der Waals surface area contributed by atoms with Gasteiger partial charge in [0.25, 0.3) is 0 Å². The number of anilines is 1. The molecule has 1 aliphatic carbocycles. The highest BCUT2D eigenvalue weighted by atomic mass is 32.2. The molecule has 1 aromatic heterocycles. The van der Waals surface area contributed by atoms with Crippen LogP contribution in [-0.2, 0) is 11.2 Å². The lowest BCUT2D eigenvalue weighted by molar-refractivity contribution is 0.585. The van der Waals surface area contributed by atoms with Crippen LogP contribution in [0.15, 0.2) is 17.4 Å². The summed E-state index contributed by atoms with van der Waals surface area (Å²) in [5.74, 6) is 0.788. The van der Waals surface area contributed by atoms with E-state index in [4.69, 9.17) is 5.26 Å². The predicted octanol–water partition coefficient (Wildman–Crippen LogP) is 2.52. The molecule has 0 aliphatic heterocycles. The average molecular weight is 304 g/mol. The highest BCUT2D eigenvalue weighted by Crippen LogP contribution is 2.29. The van der Waals surface area contributed by atoms with Gasteiger partial charge in [0.2, 0.25) is 0 Å². The third-order valence-corrected chi connectivity index (χ3v) is 4.46. The van der Waals surface area contributed by atoms with Gasteiger partial charge in [0.15, 0.2) is 0 Å². The molecule has 0 N–H and O–H groups in total. The molecule has 0 bridgehead atoms. The molecule has 0 aromatic carbocycles. The normalized spacial score (nSPS) is 17.0. The van der Waals surface area contributed by atoms with Crippen LogP contribution in [0.3, 0.4) is 0 Å². The number of nitrogens with zero attached hydrogens (tertiary/aromatic N) is 4. The van der Waals surface area contributed by atoms with Crippen molar-refractivity contribution in [3.05, 3.63) is 17.8 Å². The molecule has 0 saturated heterocycles. The summed E-state index contributed by atoms with van der Waals surface area (Å²) in [6, 6.07) is 2.46. The number of aromatic nitrogens is 2. The SMILES string of the molecule is CCN(c1nc([S+](C)[O-])ncc1C=CC#N)C1CCCC1. The molecular formula is C15H20N4OS. The number of hydrogen-bond donors (Lipinski definition) is 0. The van der Waals surface area contributed by atoms with E-state index in [-0.39, 0.29) is 0 Å². The molecule has 1 aliphatic rings. The zero-order chi connectivity index (χ0) is 15.2. The molecule has 6 heteroatoms. The molecule has 21 heavy (non-hydrogen) atoms. The van der Waals surface area contributed by atoms with Crippen molar-refractivity contribution in [2.75, 3.05) is 17.7 Å². The third kappa shape index (κ3) is 3.74. The fraction of sp³-hybridized carbons (Fsp3) is 0.533. The van der Waals surface area contributed by atoms with Gasteiger partial charge in [-0.1, -0.05) is 12.8 Å². The first-order chi connectivity index (χ1) is 10.2. The first-order valence-electron chi connectivity index (χ1n) is 7.20. The zero-order valence-corrected chi connectivity index (χ0v) is 13.3. The van der Waals surface area contributed by atoms with Crippen LogP contribution in [0.25, 0.3) is 6.08 Å². The molecule has 1 unspecified atom stereocenters. The van der Waals surface area contributed by atoms with E-state index in [0.29, 0.717) is 11.2 Å². The molecule has 112 valence electrons. The summed E-state index contributed by atoms with van der Waals surface area (Å²) in [6.07, 6.45) is 11.2. The van der Waals surface area contributed by atoms with Gasteiger partial charge in [-0.2, -0.15) is 15.2 Å². The summed E-state index contributed by atoms with van der Waals surface area (Å²) in [6.45, 7) is 2.94. The Morgan fingerprint density at radius 1 is 1.52 bits per heavy atom. The molecular weight excluding hydrogens is 284 g/mol. The molecule has 1 saturated carbocycles. The molecule has 1 heterocycles. The lowest BCUT2D eigenvalue weighted by Crippen LogP contribution is -2.34. The summed E-state index contributed by atoms with van der Waals surface area (Å²) >= 11 is -1.21. The molecule has 1 fully saturated rings. The van der Waals surface area contributed by atoms with Crippen molar-refractivity contribution in [1.82, 2.24) is 9.97 Å². The summed E-state index contributed by atoms with van der Waals surface area (Å²) in [4.78, 5) is 10.9. The lowest BCUT2D eigenvalue weighted by atomic mass is 10.2. The van der Waals surface area contributed by atoms with Crippen LogP contribution in [0.1, 0.15) is 38.2 Å². The number of hydrogen-bond acceptors (Lipinski definition) is 5. The van der Waals surface area contributed by atoms with Crippen LogP contribution < -0.4 is 4.90 Å². The average Bonchev–Trinajstić information content (AvgIpc) is 3.00. The van der Waals surface area contributed by atoms with Gasteiger partial charge >= 0.3 is 5.16 Å². The second-order valence-corrected chi connectivity index (χ2v) is 6.35. The van der Waals surface area contributed by atoms with Crippen LogP contribution in [0, 0.1) is 11.3 Å². The topological polar surface area (TPSA) is 75.9 Å². The van der Waals surface area contributed by atoms with E-state index >= 15 is 0 Å². The Kier molecular flexibility index (Phi) is 5.59. The standard InChI is InChI=1S/C15H20N4OS/c1-3-19(13-8-4-5-9-13)14-12(7-6-10-16)11-17-15(18-14)21(2)20/h6-7,11,13H,3-5,8-9H2,1-2H3. The quantitative estimate of drug-likeness (QED) is 0.474. The van der Waals surface area contributed by atoms with Crippen LogP contribution in [-0.4, -0.2) is 33.4 Å². The van der Waals surface area contributed by atoms with Crippen molar-refractivity contribution < 1.29 is 4.55 Å². The van der Waals surface area contributed by atoms with Crippen molar-refractivity contribution in [3.63, 3.8) is 0 Å². The minimum Gasteiger partial charge on any atom is -0.609 e. The van der Waals surface area contributed by atoms with Crippen molar-refractivity contribution in [2.45, 2.75) is 43.8 Å². The monoisotopic (exact) mass is 304 g/mol. The summed E-state index contributed by atoms with van der Waals surface area (Å²) in [5.41, 5.74) is 0.805. The predicted molar refractivity (Wildman–Crippen MR) is 84.3 cm³/mol. The third-order valence-electron chi connectivity index (χ3n) is 3.75. The van der Waals surface area contributed by atoms with Gasteiger partial charge in [0.05, 0.1) is 6.07 Å². The number of nitriles is 1. The maximum Gasteiger partial charge on any atom is 0.344 e. The fourth-order valence-corrected chi connectivity index (χ4v) is 3.19. The zero-order valence-electron chi connectivity index (χ0n) is 12.5. The van der Waals surface area contributed by atoms with E-state index in [9.17, 15) is 4.55 Å². The summed E-state index contributed by atoms with van der Waals surface area (Å²) < 4.78 is 11.7. The van der Waals surface area contributed by atoms with Gasteiger partial charge in [0.1, 0.15) is 12.1 Å². The van der Waals surface area contributed by atoms with Gasteiger partial charge in [-0.15, -0.1) is 0 Å². The van der Waals surface area contributed by atoms with E-state index in [0.717, 1.165) is 30.8 Å². The minimum absolute atomic E-state index is 0.343. The van der Waals surface area contributed by atoms with Gasteiger partial charge in [-0.05, 0) is 25.8 Å². The number of rotatable bonds is 5. The van der Waals surface area contributed by atoms with Crippen LogP contribution in [0.5, 0.6) is 0 Å². The first-order valence-corrected chi connectivity index (χ1v) is 8.76. The summed E-state index contributed by atoms with van der Waals surface area (Å²) in [5, 5.41) is 9.07. The van der Waals surface area contributed by atoms with E-state index in [1.165, 1.54) is 18.9 Å². The molecule has 2 rings (SSSR count). The molecule has 0 amide bonds. The van der Waals surface area contributed by atoms with Crippen molar-refractivity contribution >= 4 is 23.1 Å². The van der Waals surface area contributed by atoms with E-state index in [1.807, 2.05) is 6.07 Å². The maximum absolute atomic E-state index is 11.7. The molecule has 1 atom stereocenters. The van der Waals surface area contributed by atoms with Crippen molar-refractivity contribution in [3.8, 4) is 6.07 Å². The lowest BCUT2D eigenvalue weighted by Gasteiger charge is -2.30. The van der Waals surface area contributed by atoms with Crippen LogP contribution in [0.4, 0.5) is 5.82 Å². The number of allylic oxidation sites excluding steroid dienone is 1. The van der Waals surface area contributed by atoms with Crippen molar-refractivity contribution in [2.24, 2.45) is 0 Å². The molecule has 5 nitrogen and oxygen atoms in total. The highest BCUT2D eigenvalue weighted by molar-refractivity contribution is 7.90. The van der Waals surface area contributed by atoms with E-state index in [1.54, 1.807) is 18.5 Å². The Morgan fingerprint density at radius 3 is 2.81 bits per heavy atom. The van der Waals surface area contributed by atoms with Gasteiger partial charge < -0.3 is 9.45 Å². The summed E-state index contributed by atoms with van der Waals surface area (Å²) in [7, 11) is 0. The highest BCUT2D eigenvalue weighted by Gasteiger charge is 2.25. The fourth-order valence-electron chi connectivity index (χ4n) is 2.78. The molecule has 0 radical (unpaired) electrons. The van der Waals surface area contributed by atoms with E-state index in [2.05, 4.69) is 21.8 Å². The van der Waals surface area contributed by atoms with E-state index < -0.39 is 11.2 Å². The smallest absolute Gasteiger partial charge is 0.344 e. The van der Waals surface area contributed by atoms with Crippen LogP contribution >= 0.6 is 0 Å². The second kappa shape index (κ2) is 7.43. The minimum atomic E-state index is -1.21.